The number of nitrogens with one attached hydrogen (secondary N) is 1. The number of carbonyl (C=O) groups is 1. The second kappa shape index (κ2) is 8.74. The molecule has 2 aromatic carbocycles. The number of rotatable bonds is 4. The molecule has 0 bridgehead atoms. The molecule has 10 heteroatoms. The van der Waals surface area contributed by atoms with Crippen molar-refractivity contribution in [3.8, 4) is 0 Å². The lowest BCUT2D eigenvalue weighted by Crippen LogP contribution is -2.52. The van der Waals surface area contributed by atoms with Gasteiger partial charge in [0.1, 0.15) is 0 Å². The fourth-order valence-corrected chi connectivity index (χ4v) is 5.99. The fourth-order valence-electron chi connectivity index (χ4n) is 4.23. The van der Waals surface area contributed by atoms with E-state index in [0.717, 1.165) is 12.1 Å². The minimum atomic E-state index is -4.45. The van der Waals surface area contributed by atoms with Gasteiger partial charge in [0.15, 0.2) is 9.84 Å². The van der Waals surface area contributed by atoms with Crippen LogP contribution in [0.15, 0.2) is 48.5 Å². The standard InChI is InChI=1S/C22H24F3N3O3S/c23-22(24,25)16-4-3-5-17(14-16)26-20-7-2-1-6-19(20)21(29)28-11-9-27(10-12-28)18-8-13-32(30,31)15-18/h1-7,14,18,26H,8-13,15H2. The third-order valence-electron chi connectivity index (χ3n) is 5.95. The molecule has 0 aliphatic carbocycles. The van der Waals surface area contributed by atoms with E-state index in [-0.39, 0.29) is 29.1 Å². The van der Waals surface area contributed by atoms with Crippen LogP contribution in [0.5, 0.6) is 0 Å². The highest BCUT2D eigenvalue weighted by atomic mass is 32.2. The summed E-state index contributed by atoms with van der Waals surface area (Å²) in [5.74, 6) is 0.176. The summed E-state index contributed by atoms with van der Waals surface area (Å²) in [6.45, 7) is 2.12. The Morgan fingerprint density at radius 1 is 1.00 bits per heavy atom. The Kier molecular flexibility index (Phi) is 6.17. The maximum absolute atomic E-state index is 13.2. The van der Waals surface area contributed by atoms with Gasteiger partial charge >= 0.3 is 6.18 Å². The van der Waals surface area contributed by atoms with E-state index in [9.17, 15) is 26.4 Å². The van der Waals surface area contributed by atoms with Crippen LogP contribution in [0, 0.1) is 0 Å². The summed E-state index contributed by atoms with van der Waals surface area (Å²) in [6.07, 6.45) is -3.83. The molecule has 0 radical (unpaired) electrons. The predicted molar refractivity (Wildman–Crippen MR) is 116 cm³/mol. The molecule has 2 aliphatic rings. The maximum Gasteiger partial charge on any atom is 0.416 e. The molecule has 0 spiro atoms. The van der Waals surface area contributed by atoms with Crippen molar-refractivity contribution in [3.63, 3.8) is 0 Å². The Balaban J connectivity index is 1.45. The SMILES string of the molecule is O=C(c1ccccc1Nc1cccc(C(F)(F)F)c1)N1CCN(C2CCS(=O)(=O)C2)CC1. The molecule has 2 fully saturated rings. The molecule has 0 aromatic heterocycles. The third-order valence-corrected chi connectivity index (χ3v) is 7.70. The van der Waals surface area contributed by atoms with Crippen LogP contribution in [0.2, 0.25) is 0 Å². The molecule has 2 heterocycles. The van der Waals surface area contributed by atoms with Gasteiger partial charge in [-0.2, -0.15) is 13.2 Å². The van der Waals surface area contributed by atoms with Gasteiger partial charge in [-0.05, 0) is 36.8 Å². The van der Waals surface area contributed by atoms with E-state index < -0.39 is 21.6 Å². The van der Waals surface area contributed by atoms with Crippen LogP contribution in [0.4, 0.5) is 24.5 Å². The molecule has 1 unspecified atom stereocenters. The number of nitrogens with zero attached hydrogens (tertiary/aromatic N) is 2. The first-order valence-electron chi connectivity index (χ1n) is 10.4. The number of piperazine rings is 1. The summed E-state index contributed by atoms with van der Waals surface area (Å²) in [7, 11) is -2.97. The number of para-hydroxylation sites is 1. The van der Waals surface area contributed by atoms with Crippen LogP contribution in [0.25, 0.3) is 0 Å². The normalized spacial score (nSPS) is 21.5. The van der Waals surface area contributed by atoms with Crippen molar-refractivity contribution in [2.75, 3.05) is 43.0 Å². The van der Waals surface area contributed by atoms with E-state index in [1.165, 1.54) is 12.1 Å². The van der Waals surface area contributed by atoms with Gasteiger partial charge in [-0.15, -0.1) is 0 Å². The molecule has 4 rings (SSSR count). The summed E-state index contributed by atoms with van der Waals surface area (Å²) in [4.78, 5) is 17.0. The number of carbonyl (C=O) groups excluding carboxylic acids is 1. The van der Waals surface area contributed by atoms with Gasteiger partial charge in [0.25, 0.3) is 5.91 Å². The lowest BCUT2D eigenvalue weighted by molar-refractivity contribution is -0.137. The monoisotopic (exact) mass is 467 g/mol. The molecule has 1 atom stereocenters. The Morgan fingerprint density at radius 3 is 2.38 bits per heavy atom. The van der Waals surface area contributed by atoms with Crippen molar-refractivity contribution in [2.45, 2.75) is 18.6 Å². The molecule has 0 saturated carbocycles. The van der Waals surface area contributed by atoms with Crippen LogP contribution in [-0.4, -0.2) is 67.9 Å². The summed E-state index contributed by atoms with van der Waals surface area (Å²) < 4.78 is 62.5. The average molecular weight is 468 g/mol. The Morgan fingerprint density at radius 2 is 1.72 bits per heavy atom. The molecular formula is C22H24F3N3O3S. The van der Waals surface area contributed by atoms with E-state index in [0.29, 0.717) is 43.9 Å². The smallest absolute Gasteiger partial charge is 0.355 e. The Labute approximate surface area is 184 Å². The zero-order chi connectivity index (χ0) is 22.9. The van der Waals surface area contributed by atoms with E-state index in [2.05, 4.69) is 10.2 Å². The second-order valence-corrected chi connectivity index (χ2v) is 10.4. The molecule has 32 heavy (non-hydrogen) atoms. The quantitative estimate of drug-likeness (QED) is 0.747. The predicted octanol–water partition coefficient (Wildman–Crippen LogP) is 3.39. The third kappa shape index (κ3) is 5.07. The summed E-state index contributed by atoms with van der Waals surface area (Å²) in [5, 5.41) is 2.94. The molecule has 172 valence electrons. The number of anilines is 2. The summed E-state index contributed by atoms with van der Waals surface area (Å²) >= 11 is 0. The first-order valence-corrected chi connectivity index (χ1v) is 12.2. The van der Waals surface area contributed by atoms with E-state index in [1.54, 1.807) is 29.2 Å². The highest BCUT2D eigenvalue weighted by Gasteiger charge is 2.35. The lowest BCUT2D eigenvalue weighted by atomic mass is 10.1. The molecule has 6 nitrogen and oxygen atoms in total. The molecule has 1 amide bonds. The number of amides is 1. The molecule has 1 N–H and O–H groups in total. The van der Waals surface area contributed by atoms with Gasteiger partial charge in [0.2, 0.25) is 0 Å². The van der Waals surface area contributed by atoms with Crippen molar-refractivity contribution in [1.29, 1.82) is 0 Å². The zero-order valence-corrected chi connectivity index (χ0v) is 18.1. The van der Waals surface area contributed by atoms with Crippen LogP contribution in [0.3, 0.4) is 0 Å². The number of halogens is 3. The summed E-state index contributed by atoms with van der Waals surface area (Å²) in [6, 6.07) is 11.6. The minimum Gasteiger partial charge on any atom is -0.355 e. The van der Waals surface area contributed by atoms with Gasteiger partial charge in [-0.25, -0.2) is 8.42 Å². The molecule has 2 saturated heterocycles. The van der Waals surface area contributed by atoms with E-state index in [4.69, 9.17) is 0 Å². The van der Waals surface area contributed by atoms with Gasteiger partial charge in [0.05, 0.1) is 28.3 Å². The zero-order valence-electron chi connectivity index (χ0n) is 17.3. The van der Waals surface area contributed by atoms with Crippen LogP contribution in [0.1, 0.15) is 22.3 Å². The number of hydrogen-bond acceptors (Lipinski definition) is 5. The highest BCUT2D eigenvalue weighted by Crippen LogP contribution is 2.32. The minimum absolute atomic E-state index is 0.00659. The van der Waals surface area contributed by atoms with Crippen molar-refractivity contribution in [1.82, 2.24) is 9.80 Å². The first-order chi connectivity index (χ1) is 15.1. The van der Waals surface area contributed by atoms with Crippen LogP contribution < -0.4 is 5.32 Å². The number of benzene rings is 2. The van der Waals surface area contributed by atoms with Crippen LogP contribution >= 0.6 is 0 Å². The molecule has 2 aliphatic heterocycles. The van der Waals surface area contributed by atoms with Gasteiger partial charge in [-0.3, -0.25) is 9.69 Å². The average Bonchev–Trinajstić information content (AvgIpc) is 3.13. The van der Waals surface area contributed by atoms with Gasteiger partial charge < -0.3 is 10.2 Å². The van der Waals surface area contributed by atoms with Crippen molar-refractivity contribution >= 4 is 27.1 Å². The van der Waals surface area contributed by atoms with Gasteiger partial charge in [0, 0.05) is 37.9 Å². The van der Waals surface area contributed by atoms with E-state index in [1.807, 2.05) is 0 Å². The van der Waals surface area contributed by atoms with Crippen LogP contribution in [-0.2, 0) is 16.0 Å². The van der Waals surface area contributed by atoms with Crippen molar-refractivity contribution in [2.24, 2.45) is 0 Å². The van der Waals surface area contributed by atoms with Crippen molar-refractivity contribution in [3.05, 3.63) is 59.7 Å². The van der Waals surface area contributed by atoms with Crippen molar-refractivity contribution < 1.29 is 26.4 Å². The van der Waals surface area contributed by atoms with E-state index >= 15 is 0 Å². The number of sulfone groups is 1. The van der Waals surface area contributed by atoms with Gasteiger partial charge in [-0.1, -0.05) is 18.2 Å². The molecular weight excluding hydrogens is 443 g/mol. The topological polar surface area (TPSA) is 69.7 Å². The highest BCUT2D eigenvalue weighted by molar-refractivity contribution is 7.91. The second-order valence-electron chi connectivity index (χ2n) is 8.13. The number of alkyl halides is 3. The molecule has 2 aromatic rings. The largest absolute Gasteiger partial charge is 0.416 e. The fraction of sp³-hybridized carbons (Fsp3) is 0.409. The number of hydrogen-bond donors (Lipinski definition) is 1. The Bertz CT molecular complexity index is 1100. The summed E-state index contributed by atoms with van der Waals surface area (Å²) in [5.41, 5.74) is 0.284. The lowest BCUT2D eigenvalue weighted by Gasteiger charge is -2.37. The Hall–Kier alpha value is -2.59. The first kappa shape index (κ1) is 22.6. The maximum atomic E-state index is 13.2.